The van der Waals surface area contributed by atoms with Crippen LogP contribution < -0.4 is 10.6 Å². The Kier molecular flexibility index (Phi) is 5.63. The van der Waals surface area contributed by atoms with Crippen LogP contribution in [0.1, 0.15) is 12.5 Å². The lowest BCUT2D eigenvalue weighted by atomic mass is 10.2. The highest BCUT2D eigenvalue weighted by Gasteiger charge is 2.20. The van der Waals surface area contributed by atoms with Gasteiger partial charge in [0.05, 0.1) is 17.8 Å². The predicted octanol–water partition coefficient (Wildman–Crippen LogP) is 1.74. The van der Waals surface area contributed by atoms with Gasteiger partial charge in [0.15, 0.2) is 0 Å². The highest BCUT2D eigenvalue weighted by molar-refractivity contribution is 6.33. The zero-order valence-corrected chi connectivity index (χ0v) is 11.9. The molecule has 0 aliphatic heterocycles. The molecule has 5 nitrogen and oxygen atoms in total. The van der Waals surface area contributed by atoms with Crippen molar-refractivity contribution in [3.05, 3.63) is 28.8 Å². The zero-order chi connectivity index (χ0) is 14.4. The van der Waals surface area contributed by atoms with Crippen molar-refractivity contribution in [3.63, 3.8) is 0 Å². The second-order valence-electron chi connectivity index (χ2n) is 4.14. The second-order valence-corrected chi connectivity index (χ2v) is 4.55. The summed E-state index contributed by atoms with van der Waals surface area (Å²) in [6.07, 6.45) is 0. The number of hydrogen-bond acceptors (Lipinski definition) is 4. The lowest BCUT2D eigenvalue weighted by Crippen LogP contribution is -2.45. The molecule has 19 heavy (non-hydrogen) atoms. The molecule has 0 aromatic heterocycles. The van der Waals surface area contributed by atoms with Crippen molar-refractivity contribution in [2.75, 3.05) is 19.0 Å². The van der Waals surface area contributed by atoms with E-state index in [1.54, 1.807) is 6.07 Å². The third kappa shape index (κ3) is 4.79. The fraction of sp³-hybridized carbons (Fsp3) is 0.385. The van der Waals surface area contributed by atoms with Crippen LogP contribution in [0.2, 0.25) is 5.02 Å². The maximum Gasteiger partial charge on any atom is 0.330 e. The smallest absolute Gasteiger partial charge is 0.330 e. The number of esters is 1. The van der Waals surface area contributed by atoms with Crippen molar-refractivity contribution < 1.29 is 14.3 Å². The zero-order valence-electron chi connectivity index (χ0n) is 11.1. The molecule has 0 bridgehead atoms. The van der Waals surface area contributed by atoms with E-state index in [9.17, 15) is 9.59 Å². The Morgan fingerprint density at radius 3 is 2.68 bits per heavy atom. The number of aryl methyl sites for hydroxylation is 1. The highest BCUT2D eigenvalue weighted by atomic mass is 35.5. The number of nitrogens with one attached hydrogen (secondary N) is 2. The molecule has 0 saturated heterocycles. The standard InChI is InChI=1S/C13H17ClN2O3/c1-8-4-5-10(14)11(6-8)15-7-12(13(18)19-3)16-9(2)17/h4-6,12,15H,7H2,1-3H3,(H,16,17). The third-order valence-electron chi connectivity index (χ3n) is 2.48. The third-order valence-corrected chi connectivity index (χ3v) is 2.81. The number of carbonyl (C=O) groups excluding carboxylic acids is 2. The molecule has 0 radical (unpaired) electrons. The molecule has 1 unspecified atom stereocenters. The Bertz CT molecular complexity index is 477. The number of amides is 1. The quantitative estimate of drug-likeness (QED) is 0.808. The van der Waals surface area contributed by atoms with Gasteiger partial charge < -0.3 is 15.4 Å². The molecule has 104 valence electrons. The second kappa shape index (κ2) is 6.99. The molecule has 1 aromatic carbocycles. The van der Waals surface area contributed by atoms with Gasteiger partial charge in [-0.2, -0.15) is 0 Å². The van der Waals surface area contributed by atoms with Crippen molar-refractivity contribution in [1.29, 1.82) is 0 Å². The molecule has 0 aliphatic carbocycles. The number of benzene rings is 1. The molecule has 0 heterocycles. The molecule has 1 amide bonds. The van der Waals surface area contributed by atoms with E-state index >= 15 is 0 Å². The van der Waals surface area contributed by atoms with Crippen molar-refractivity contribution in [2.24, 2.45) is 0 Å². The largest absolute Gasteiger partial charge is 0.467 e. The topological polar surface area (TPSA) is 67.4 Å². The van der Waals surface area contributed by atoms with Crippen LogP contribution in [-0.4, -0.2) is 31.6 Å². The van der Waals surface area contributed by atoms with E-state index in [4.69, 9.17) is 11.6 Å². The van der Waals surface area contributed by atoms with Crippen LogP contribution in [0, 0.1) is 6.92 Å². The average molecular weight is 285 g/mol. The van der Waals surface area contributed by atoms with Gasteiger partial charge in [-0.3, -0.25) is 4.79 Å². The Balaban J connectivity index is 2.72. The first-order valence-electron chi connectivity index (χ1n) is 5.79. The minimum absolute atomic E-state index is 0.204. The number of halogens is 1. The predicted molar refractivity (Wildman–Crippen MR) is 74.3 cm³/mol. The minimum Gasteiger partial charge on any atom is -0.467 e. The first kappa shape index (κ1) is 15.3. The molecule has 2 N–H and O–H groups in total. The van der Waals surface area contributed by atoms with E-state index in [1.807, 2.05) is 19.1 Å². The van der Waals surface area contributed by atoms with E-state index in [-0.39, 0.29) is 12.5 Å². The molecular formula is C13H17ClN2O3. The van der Waals surface area contributed by atoms with Crippen LogP contribution >= 0.6 is 11.6 Å². The monoisotopic (exact) mass is 284 g/mol. The normalized spacial score (nSPS) is 11.6. The summed E-state index contributed by atoms with van der Waals surface area (Å²) in [4.78, 5) is 22.5. The summed E-state index contributed by atoms with van der Waals surface area (Å²) in [6, 6.07) is 4.77. The van der Waals surface area contributed by atoms with Crippen LogP contribution in [-0.2, 0) is 14.3 Å². The molecule has 1 atom stereocenters. The van der Waals surface area contributed by atoms with E-state index in [2.05, 4.69) is 15.4 Å². The summed E-state index contributed by atoms with van der Waals surface area (Å²) in [7, 11) is 1.27. The fourth-order valence-corrected chi connectivity index (χ4v) is 1.75. The van der Waals surface area contributed by atoms with Gasteiger partial charge in [-0.1, -0.05) is 17.7 Å². The maximum atomic E-state index is 11.5. The van der Waals surface area contributed by atoms with E-state index in [0.29, 0.717) is 10.7 Å². The summed E-state index contributed by atoms with van der Waals surface area (Å²) in [5, 5.41) is 6.10. The number of methoxy groups -OCH3 is 1. The van der Waals surface area contributed by atoms with Gasteiger partial charge in [-0.05, 0) is 24.6 Å². The van der Waals surface area contributed by atoms with Crippen molar-refractivity contribution in [3.8, 4) is 0 Å². The minimum atomic E-state index is -0.751. The number of anilines is 1. The first-order chi connectivity index (χ1) is 8.93. The van der Waals surface area contributed by atoms with Gasteiger partial charge in [0, 0.05) is 13.5 Å². The van der Waals surface area contributed by atoms with Crippen LogP contribution in [0.5, 0.6) is 0 Å². The molecule has 0 saturated carbocycles. The number of ether oxygens (including phenoxy) is 1. The SMILES string of the molecule is COC(=O)C(CNc1cc(C)ccc1Cl)NC(C)=O. The van der Waals surface area contributed by atoms with Gasteiger partial charge in [0.25, 0.3) is 0 Å². The van der Waals surface area contributed by atoms with Gasteiger partial charge in [0.1, 0.15) is 6.04 Å². The molecule has 1 aromatic rings. The van der Waals surface area contributed by atoms with Crippen LogP contribution in [0.25, 0.3) is 0 Å². The molecule has 6 heteroatoms. The first-order valence-corrected chi connectivity index (χ1v) is 6.16. The van der Waals surface area contributed by atoms with Gasteiger partial charge in [0.2, 0.25) is 5.91 Å². The average Bonchev–Trinajstić information content (AvgIpc) is 2.36. The van der Waals surface area contributed by atoms with E-state index in [1.165, 1.54) is 14.0 Å². The van der Waals surface area contributed by atoms with E-state index in [0.717, 1.165) is 5.56 Å². The number of carbonyl (C=O) groups is 2. The molecule has 0 aliphatic rings. The van der Waals surface area contributed by atoms with Gasteiger partial charge >= 0.3 is 5.97 Å². The van der Waals surface area contributed by atoms with Crippen molar-refractivity contribution in [1.82, 2.24) is 5.32 Å². The Morgan fingerprint density at radius 1 is 1.42 bits per heavy atom. The Morgan fingerprint density at radius 2 is 2.11 bits per heavy atom. The number of hydrogen-bond donors (Lipinski definition) is 2. The van der Waals surface area contributed by atoms with Crippen LogP contribution in [0.3, 0.4) is 0 Å². The van der Waals surface area contributed by atoms with Gasteiger partial charge in [-0.25, -0.2) is 4.79 Å². The highest BCUT2D eigenvalue weighted by Crippen LogP contribution is 2.22. The lowest BCUT2D eigenvalue weighted by Gasteiger charge is -2.17. The van der Waals surface area contributed by atoms with Crippen LogP contribution in [0.15, 0.2) is 18.2 Å². The molecule has 0 spiro atoms. The molecule has 0 fully saturated rings. The Hall–Kier alpha value is -1.75. The Labute approximate surface area is 117 Å². The molecule has 1 rings (SSSR count). The lowest BCUT2D eigenvalue weighted by molar-refractivity contribution is -0.144. The fourth-order valence-electron chi connectivity index (χ4n) is 1.57. The van der Waals surface area contributed by atoms with E-state index < -0.39 is 12.0 Å². The maximum absolute atomic E-state index is 11.5. The summed E-state index contributed by atoms with van der Waals surface area (Å²) in [6.45, 7) is 3.48. The van der Waals surface area contributed by atoms with Crippen LogP contribution in [0.4, 0.5) is 5.69 Å². The van der Waals surface area contributed by atoms with Crippen molar-refractivity contribution >= 4 is 29.2 Å². The summed E-state index contributed by atoms with van der Waals surface area (Å²) in [5.41, 5.74) is 1.75. The summed E-state index contributed by atoms with van der Waals surface area (Å²) in [5.74, 6) is -0.806. The van der Waals surface area contributed by atoms with Gasteiger partial charge in [-0.15, -0.1) is 0 Å². The summed E-state index contributed by atoms with van der Waals surface area (Å²) < 4.78 is 4.63. The molecular weight excluding hydrogens is 268 g/mol. The number of rotatable bonds is 5. The van der Waals surface area contributed by atoms with Crippen molar-refractivity contribution in [2.45, 2.75) is 19.9 Å². The summed E-state index contributed by atoms with van der Waals surface area (Å²) >= 11 is 6.03.